The van der Waals surface area contributed by atoms with E-state index in [0.717, 1.165) is 29.0 Å². The highest BCUT2D eigenvalue weighted by atomic mass is 16.5. The molecule has 1 heterocycles. The molecule has 1 aromatic rings. The Labute approximate surface area is 121 Å². The van der Waals surface area contributed by atoms with Crippen molar-refractivity contribution < 1.29 is 9.47 Å². The van der Waals surface area contributed by atoms with Crippen LogP contribution in [0.15, 0.2) is 6.20 Å². The van der Waals surface area contributed by atoms with Crippen LogP contribution in [-0.2, 0) is 11.3 Å². The zero-order valence-electron chi connectivity index (χ0n) is 12.8. The molecule has 112 valence electrons. The molecule has 1 aromatic heterocycles. The van der Waals surface area contributed by atoms with Crippen LogP contribution < -0.4 is 10.5 Å². The normalized spacial score (nSPS) is 22.8. The number of ether oxygens (including phenoxy) is 2. The van der Waals surface area contributed by atoms with Crippen LogP contribution in [0.2, 0.25) is 0 Å². The van der Waals surface area contributed by atoms with E-state index in [-0.39, 0.29) is 6.10 Å². The summed E-state index contributed by atoms with van der Waals surface area (Å²) in [4.78, 5) is 4.49. The molecule has 1 aliphatic rings. The van der Waals surface area contributed by atoms with Gasteiger partial charge in [0, 0.05) is 17.3 Å². The molecular weight excluding hydrogens is 252 g/mol. The standard InChI is InChI=1S/C16H26N2O2/c1-11-9-18-14(12(2)16(11)19-3)10-20-15-7-5-4-6-13(15)8-17/h9,13,15H,4-8,10,17H2,1-3H3. The first-order valence-corrected chi connectivity index (χ1v) is 7.48. The molecule has 2 atom stereocenters. The second-order valence-electron chi connectivity index (χ2n) is 5.68. The minimum atomic E-state index is 0.280. The monoisotopic (exact) mass is 278 g/mol. The summed E-state index contributed by atoms with van der Waals surface area (Å²) in [6, 6.07) is 0. The molecule has 1 aliphatic carbocycles. The number of pyridine rings is 1. The fraction of sp³-hybridized carbons (Fsp3) is 0.688. The van der Waals surface area contributed by atoms with Gasteiger partial charge in [0.25, 0.3) is 0 Å². The maximum Gasteiger partial charge on any atom is 0.128 e. The third kappa shape index (κ3) is 3.30. The Balaban J connectivity index is 2.03. The average molecular weight is 278 g/mol. The highest BCUT2D eigenvalue weighted by Gasteiger charge is 2.25. The Hall–Kier alpha value is -1.13. The van der Waals surface area contributed by atoms with Crippen molar-refractivity contribution in [2.75, 3.05) is 13.7 Å². The number of rotatable bonds is 5. The molecule has 0 aliphatic heterocycles. The van der Waals surface area contributed by atoms with Crippen molar-refractivity contribution in [3.05, 3.63) is 23.0 Å². The van der Waals surface area contributed by atoms with E-state index in [0.29, 0.717) is 19.1 Å². The Morgan fingerprint density at radius 1 is 1.30 bits per heavy atom. The zero-order valence-corrected chi connectivity index (χ0v) is 12.8. The fourth-order valence-electron chi connectivity index (χ4n) is 3.07. The van der Waals surface area contributed by atoms with E-state index < -0.39 is 0 Å². The molecule has 0 radical (unpaired) electrons. The molecule has 1 saturated carbocycles. The summed E-state index contributed by atoms with van der Waals surface area (Å²) >= 11 is 0. The topological polar surface area (TPSA) is 57.4 Å². The molecular formula is C16H26N2O2. The second kappa shape index (κ2) is 7.04. The van der Waals surface area contributed by atoms with Crippen LogP contribution >= 0.6 is 0 Å². The van der Waals surface area contributed by atoms with Gasteiger partial charge in [-0.05, 0) is 39.2 Å². The number of aryl methyl sites for hydroxylation is 1. The van der Waals surface area contributed by atoms with Crippen molar-refractivity contribution in [2.45, 2.75) is 52.2 Å². The Morgan fingerprint density at radius 3 is 2.75 bits per heavy atom. The Kier molecular flexibility index (Phi) is 5.38. The van der Waals surface area contributed by atoms with Gasteiger partial charge < -0.3 is 15.2 Å². The van der Waals surface area contributed by atoms with Gasteiger partial charge in [-0.25, -0.2) is 0 Å². The molecule has 2 N–H and O–H groups in total. The first kappa shape index (κ1) is 15.3. The molecule has 20 heavy (non-hydrogen) atoms. The predicted molar refractivity (Wildman–Crippen MR) is 79.9 cm³/mol. The molecule has 0 saturated heterocycles. The van der Waals surface area contributed by atoms with Crippen molar-refractivity contribution in [1.29, 1.82) is 0 Å². The maximum atomic E-state index is 6.09. The van der Waals surface area contributed by atoms with Crippen LogP contribution in [0.25, 0.3) is 0 Å². The largest absolute Gasteiger partial charge is 0.496 e. The van der Waals surface area contributed by atoms with Crippen molar-refractivity contribution in [1.82, 2.24) is 4.98 Å². The van der Waals surface area contributed by atoms with Crippen molar-refractivity contribution in [3.63, 3.8) is 0 Å². The first-order chi connectivity index (χ1) is 9.67. The van der Waals surface area contributed by atoms with Crippen LogP contribution in [0.4, 0.5) is 0 Å². The van der Waals surface area contributed by atoms with E-state index >= 15 is 0 Å². The molecule has 0 amide bonds. The van der Waals surface area contributed by atoms with Crippen LogP contribution in [0, 0.1) is 19.8 Å². The molecule has 0 spiro atoms. The van der Waals surface area contributed by atoms with E-state index in [9.17, 15) is 0 Å². The van der Waals surface area contributed by atoms with Gasteiger partial charge in [0.2, 0.25) is 0 Å². The summed E-state index contributed by atoms with van der Waals surface area (Å²) < 4.78 is 11.5. The van der Waals surface area contributed by atoms with Gasteiger partial charge in [-0.15, -0.1) is 0 Å². The van der Waals surface area contributed by atoms with Crippen molar-refractivity contribution >= 4 is 0 Å². The first-order valence-electron chi connectivity index (χ1n) is 7.48. The van der Waals surface area contributed by atoms with Gasteiger partial charge in [-0.2, -0.15) is 0 Å². The molecule has 0 bridgehead atoms. The van der Waals surface area contributed by atoms with E-state index in [4.69, 9.17) is 15.2 Å². The highest BCUT2D eigenvalue weighted by Crippen LogP contribution is 2.28. The minimum absolute atomic E-state index is 0.280. The maximum absolute atomic E-state index is 6.09. The third-order valence-electron chi connectivity index (χ3n) is 4.33. The Morgan fingerprint density at radius 2 is 2.05 bits per heavy atom. The van der Waals surface area contributed by atoms with Gasteiger partial charge in [0.05, 0.1) is 25.5 Å². The lowest BCUT2D eigenvalue weighted by Gasteiger charge is -2.30. The zero-order chi connectivity index (χ0) is 14.5. The molecule has 4 nitrogen and oxygen atoms in total. The van der Waals surface area contributed by atoms with E-state index in [1.54, 1.807) is 7.11 Å². The summed E-state index contributed by atoms with van der Waals surface area (Å²) in [5.41, 5.74) is 8.95. The van der Waals surface area contributed by atoms with Gasteiger partial charge in [-0.3, -0.25) is 4.98 Å². The lowest BCUT2D eigenvalue weighted by atomic mass is 9.86. The average Bonchev–Trinajstić information content (AvgIpc) is 2.47. The smallest absolute Gasteiger partial charge is 0.128 e. The fourth-order valence-corrected chi connectivity index (χ4v) is 3.07. The quantitative estimate of drug-likeness (QED) is 0.899. The van der Waals surface area contributed by atoms with Crippen LogP contribution in [0.1, 0.15) is 42.5 Å². The third-order valence-corrected chi connectivity index (χ3v) is 4.33. The number of hydrogen-bond donors (Lipinski definition) is 1. The highest BCUT2D eigenvalue weighted by molar-refractivity contribution is 5.40. The molecule has 4 heteroatoms. The van der Waals surface area contributed by atoms with E-state index in [1.807, 2.05) is 20.0 Å². The van der Waals surface area contributed by atoms with Crippen LogP contribution in [-0.4, -0.2) is 24.7 Å². The second-order valence-corrected chi connectivity index (χ2v) is 5.68. The number of methoxy groups -OCH3 is 1. The molecule has 2 unspecified atom stereocenters. The van der Waals surface area contributed by atoms with E-state index in [1.165, 1.54) is 19.3 Å². The van der Waals surface area contributed by atoms with Crippen LogP contribution in [0.5, 0.6) is 5.75 Å². The van der Waals surface area contributed by atoms with Crippen molar-refractivity contribution in [3.8, 4) is 5.75 Å². The van der Waals surface area contributed by atoms with Crippen LogP contribution in [0.3, 0.4) is 0 Å². The number of aromatic nitrogens is 1. The summed E-state index contributed by atoms with van der Waals surface area (Å²) in [6.45, 7) is 5.31. The summed E-state index contributed by atoms with van der Waals surface area (Å²) in [5.74, 6) is 1.41. The molecule has 1 fully saturated rings. The minimum Gasteiger partial charge on any atom is -0.496 e. The van der Waals surface area contributed by atoms with Gasteiger partial charge >= 0.3 is 0 Å². The predicted octanol–water partition coefficient (Wildman–Crippen LogP) is 2.74. The van der Waals surface area contributed by atoms with Gasteiger partial charge in [-0.1, -0.05) is 12.8 Å². The molecule has 2 rings (SSSR count). The number of hydrogen-bond acceptors (Lipinski definition) is 4. The SMILES string of the molecule is COc1c(C)cnc(COC2CCCCC2CN)c1C. The number of nitrogens with zero attached hydrogens (tertiary/aromatic N) is 1. The lowest BCUT2D eigenvalue weighted by Crippen LogP contribution is -2.33. The van der Waals surface area contributed by atoms with Gasteiger partial charge in [0.15, 0.2) is 0 Å². The summed E-state index contributed by atoms with van der Waals surface area (Å²) in [7, 11) is 1.70. The summed E-state index contributed by atoms with van der Waals surface area (Å²) in [5, 5.41) is 0. The lowest BCUT2D eigenvalue weighted by molar-refractivity contribution is -0.0198. The van der Waals surface area contributed by atoms with Gasteiger partial charge in [0.1, 0.15) is 5.75 Å². The molecule has 0 aromatic carbocycles. The summed E-state index contributed by atoms with van der Waals surface area (Å²) in [6.07, 6.45) is 6.95. The number of nitrogens with two attached hydrogens (primary N) is 1. The Bertz CT molecular complexity index is 448. The van der Waals surface area contributed by atoms with E-state index in [2.05, 4.69) is 4.98 Å². The van der Waals surface area contributed by atoms with Crippen molar-refractivity contribution in [2.24, 2.45) is 11.7 Å².